The van der Waals surface area contributed by atoms with E-state index in [0.717, 1.165) is 12.2 Å². The molecule has 3 heteroatoms. The van der Waals surface area contributed by atoms with Gasteiger partial charge in [-0.25, -0.2) is 0 Å². The van der Waals surface area contributed by atoms with Gasteiger partial charge in [0.25, 0.3) is 0 Å². The molecule has 0 fully saturated rings. The van der Waals surface area contributed by atoms with Crippen LogP contribution in [0.4, 0.5) is 0 Å². The largest absolute Gasteiger partial charge is 0.399 e. The fourth-order valence-electron chi connectivity index (χ4n) is 1.45. The minimum Gasteiger partial charge on any atom is -0.399 e. The number of halogens is 1. The average Bonchev–Trinajstić information content (AvgIpc) is 2.15. The van der Waals surface area contributed by atoms with Crippen molar-refractivity contribution in [3.8, 4) is 0 Å². The van der Waals surface area contributed by atoms with Crippen molar-refractivity contribution < 1.29 is 0 Å². The third-order valence-electron chi connectivity index (χ3n) is 2.34. The van der Waals surface area contributed by atoms with E-state index in [-0.39, 0.29) is 17.0 Å². The van der Waals surface area contributed by atoms with Crippen molar-refractivity contribution in [1.29, 1.82) is 0 Å². The molecule has 0 unspecified atom stereocenters. The van der Waals surface area contributed by atoms with Crippen LogP contribution in [0.1, 0.15) is 32.6 Å². The predicted molar refractivity (Wildman–Crippen MR) is 67.4 cm³/mol. The summed E-state index contributed by atoms with van der Waals surface area (Å²) in [4.78, 5) is 2.31. The Morgan fingerprint density at radius 3 is 2.71 bits per heavy atom. The van der Waals surface area contributed by atoms with E-state index in [0.29, 0.717) is 0 Å². The molecule has 0 saturated carbocycles. The second-order valence-corrected chi connectivity index (χ2v) is 3.58. The first-order valence-corrected chi connectivity index (χ1v) is 5.21. The number of allylic oxidation sites excluding steroid dienone is 1. The van der Waals surface area contributed by atoms with Crippen LogP contribution in [0.2, 0.25) is 0 Å². The first-order valence-electron chi connectivity index (χ1n) is 5.21. The lowest BCUT2D eigenvalue weighted by Crippen LogP contribution is -2.22. The highest BCUT2D eigenvalue weighted by Gasteiger charge is 2.01. The summed E-state index contributed by atoms with van der Waals surface area (Å²) in [7, 11) is 0. The van der Waals surface area contributed by atoms with E-state index in [2.05, 4.69) is 24.1 Å². The van der Waals surface area contributed by atoms with Crippen molar-refractivity contribution in [2.45, 2.75) is 32.6 Å². The van der Waals surface area contributed by atoms with E-state index in [1.165, 1.54) is 32.2 Å². The number of hydrogen-bond acceptors (Lipinski definition) is 2. The third kappa shape index (κ3) is 5.32. The molecule has 14 heavy (non-hydrogen) atoms. The Balaban J connectivity index is 0.00000169. The Labute approximate surface area is 97.6 Å². The lowest BCUT2D eigenvalue weighted by molar-refractivity contribution is 0.392. The molecular weight excluding hydrogens is 240 g/mol. The molecule has 0 radical (unpaired) electrons. The van der Waals surface area contributed by atoms with Crippen LogP contribution < -0.4 is 5.73 Å². The Kier molecular flexibility index (Phi) is 7.67. The van der Waals surface area contributed by atoms with Crippen molar-refractivity contribution in [3.63, 3.8) is 0 Å². The number of nitrogens with two attached hydrogens (primary N) is 1. The topological polar surface area (TPSA) is 29.3 Å². The summed E-state index contributed by atoms with van der Waals surface area (Å²) in [5, 5.41) is 0. The molecule has 2 N–H and O–H groups in total. The van der Waals surface area contributed by atoms with Crippen molar-refractivity contribution in [2.75, 3.05) is 13.1 Å². The van der Waals surface area contributed by atoms with Gasteiger partial charge in [-0.15, -0.1) is 17.0 Å². The molecule has 1 aliphatic rings. The first-order chi connectivity index (χ1) is 6.33. The second-order valence-electron chi connectivity index (χ2n) is 3.58. The zero-order valence-corrected chi connectivity index (χ0v) is 10.6. The van der Waals surface area contributed by atoms with Gasteiger partial charge < -0.3 is 10.6 Å². The molecule has 0 aromatic heterocycles. The van der Waals surface area contributed by atoms with Crippen molar-refractivity contribution >= 4 is 17.0 Å². The maximum atomic E-state index is 5.62. The molecular formula is C11H21BrN2. The van der Waals surface area contributed by atoms with Gasteiger partial charge in [0.05, 0.1) is 0 Å². The van der Waals surface area contributed by atoms with Gasteiger partial charge in [0, 0.05) is 25.0 Å². The summed E-state index contributed by atoms with van der Waals surface area (Å²) in [6, 6.07) is 0. The molecule has 0 saturated heterocycles. The highest BCUT2D eigenvalue weighted by atomic mass is 79.9. The van der Waals surface area contributed by atoms with Crippen LogP contribution in [0.25, 0.3) is 0 Å². The van der Waals surface area contributed by atoms with Gasteiger partial charge in [0.1, 0.15) is 0 Å². The van der Waals surface area contributed by atoms with Gasteiger partial charge in [0.2, 0.25) is 0 Å². The molecule has 1 heterocycles. The van der Waals surface area contributed by atoms with Gasteiger partial charge in [-0.2, -0.15) is 0 Å². The molecule has 1 aliphatic heterocycles. The van der Waals surface area contributed by atoms with Crippen molar-refractivity contribution in [3.05, 3.63) is 24.0 Å². The Hall–Kier alpha value is -0.440. The van der Waals surface area contributed by atoms with Gasteiger partial charge >= 0.3 is 0 Å². The van der Waals surface area contributed by atoms with Gasteiger partial charge in [0.15, 0.2) is 0 Å². The van der Waals surface area contributed by atoms with E-state index in [1.807, 2.05) is 6.08 Å². The van der Waals surface area contributed by atoms with Crippen LogP contribution in [-0.4, -0.2) is 18.0 Å². The molecule has 0 amide bonds. The Bertz CT molecular complexity index is 199. The van der Waals surface area contributed by atoms with Crippen molar-refractivity contribution in [2.24, 2.45) is 5.73 Å². The van der Waals surface area contributed by atoms with Gasteiger partial charge in [-0.3, -0.25) is 0 Å². The molecule has 0 bridgehead atoms. The van der Waals surface area contributed by atoms with E-state index < -0.39 is 0 Å². The maximum Gasteiger partial charge on any atom is 0.0376 e. The monoisotopic (exact) mass is 260 g/mol. The SMILES string of the molecule is Br.CCCCCCN1C=CC(N)=CC1. The summed E-state index contributed by atoms with van der Waals surface area (Å²) < 4.78 is 0. The summed E-state index contributed by atoms with van der Waals surface area (Å²) >= 11 is 0. The molecule has 1 rings (SSSR count). The van der Waals surface area contributed by atoms with Crippen molar-refractivity contribution in [1.82, 2.24) is 4.90 Å². The van der Waals surface area contributed by atoms with E-state index in [1.54, 1.807) is 0 Å². The van der Waals surface area contributed by atoms with Crippen LogP contribution in [0.5, 0.6) is 0 Å². The number of hydrogen-bond donors (Lipinski definition) is 1. The van der Waals surface area contributed by atoms with Crippen LogP contribution in [-0.2, 0) is 0 Å². The van der Waals surface area contributed by atoms with Crippen LogP contribution in [0, 0.1) is 0 Å². The number of rotatable bonds is 5. The zero-order chi connectivity index (χ0) is 9.52. The third-order valence-corrected chi connectivity index (χ3v) is 2.34. The lowest BCUT2D eigenvalue weighted by Gasteiger charge is -2.21. The standard InChI is InChI=1S/C11H20N2.BrH/c1-2-3-4-5-8-13-9-6-11(12)7-10-13;/h6-7,9H,2-5,8,10,12H2,1H3;1H. The summed E-state index contributed by atoms with van der Waals surface area (Å²) in [6.45, 7) is 4.39. The molecule has 0 aromatic rings. The molecule has 82 valence electrons. The normalized spacial score (nSPS) is 14.9. The zero-order valence-electron chi connectivity index (χ0n) is 8.91. The second kappa shape index (κ2) is 7.92. The fourth-order valence-corrected chi connectivity index (χ4v) is 1.45. The van der Waals surface area contributed by atoms with Crippen LogP contribution >= 0.6 is 17.0 Å². The smallest absolute Gasteiger partial charge is 0.0376 e. The Morgan fingerprint density at radius 1 is 1.36 bits per heavy atom. The van der Waals surface area contributed by atoms with E-state index in [9.17, 15) is 0 Å². The van der Waals surface area contributed by atoms with Gasteiger partial charge in [-0.1, -0.05) is 26.2 Å². The summed E-state index contributed by atoms with van der Waals surface area (Å²) in [5.74, 6) is 0. The summed E-state index contributed by atoms with van der Waals surface area (Å²) in [5.41, 5.74) is 6.51. The Morgan fingerprint density at radius 2 is 2.14 bits per heavy atom. The molecule has 0 aromatic carbocycles. The van der Waals surface area contributed by atoms with E-state index in [4.69, 9.17) is 5.73 Å². The van der Waals surface area contributed by atoms with Gasteiger partial charge in [-0.05, 0) is 18.6 Å². The summed E-state index contributed by atoms with van der Waals surface area (Å²) in [6.07, 6.45) is 11.5. The number of nitrogens with zero attached hydrogens (tertiary/aromatic N) is 1. The first kappa shape index (κ1) is 13.6. The molecule has 0 spiro atoms. The van der Waals surface area contributed by atoms with Crippen LogP contribution in [0.15, 0.2) is 24.0 Å². The minimum atomic E-state index is 0. The maximum absolute atomic E-state index is 5.62. The molecule has 2 nitrogen and oxygen atoms in total. The quantitative estimate of drug-likeness (QED) is 0.771. The average molecular weight is 261 g/mol. The minimum absolute atomic E-state index is 0. The predicted octanol–water partition coefficient (Wildman–Crippen LogP) is 2.82. The molecule has 0 atom stereocenters. The highest BCUT2D eigenvalue weighted by Crippen LogP contribution is 2.05. The van der Waals surface area contributed by atoms with E-state index >= 15 is 0 Å². The highest BCUT2D eigenvalue weighted by molar-refractivity contribution is 8.93. The lowest BCUT2D eigenvalue weighted by atomic mass is 10.2. The number of unbranched alkanes of at least 4 members (excludes halogenated alkanes) is 3. The fraction of sp³-hybridized carbons (Fsp3) is 0.636. The molecule has 0 aliphatic carbocycles. The van der Waals surface area contributed by atoms with Crippen LogP contribution in [0.3, 0.4) is 0 Å².